The number of hydrogen-bond acceptors (Lipinski definition) is 2. The van der Waals surface area contributed by atoms with Gasteiger partial charge in [-0.1, -0.05) is 33.1 Å². The van der Waals surface area contributed by atoms with E-state index >= 15 is 0 Å². The molecule has 2 atom stereocenters. The maximum atomic E-state index is 11.9. The Bertz CT molecular complexity index is 758. The van der Waals surface area contributed by atoms with Crippen molar-refractivity contribution in [2.75, 3.05) is 0 Å². The van der Waals surface area contributed by atoms with E-state index in [1.54, 1.807) is 0 Å². The fourth-order valence-corrected chi connectivity index (χ4v) is 8.71. The number of hydrogen-bond donors (Lipinski definition) is 2. The lowest BCUT2D eigenvalue weighted by Crippen LogP contribution is -2.55. The largest absolute Gasteiger partial charge is 0.476 e. The summed E-state index contributed by atoms with van der Waals surface area (Å²) in [6.45, 7) is 5.04. The van der Waals surface area contributed by atoms with Crippen LogP contribution in [-0.2, 0) is 6.42 Å². The Kier molecular flexibility index (Phi) is 4.23. The Morgan fingerprint density at radius 2 is 1.75 bits per heavy atom. The molecule has 5 aliphatic rings. The van der Waals surface area contributed by atoms with Gasteiger partial charge in [0.1, 0.15) is 5.82 Å². The molecule has 28 heavy (non-hydrogen) atoms. The first-order chi connectivity index (χ1) is 13.3. The van der Waals surface area contributed by atoms with Gasteiger partial charge in [-0.3, -0.25) is 0 Å². The molecule has 0 aliphatic heterocycles. The molecule has 4 bridgehead atoms. The second-order valence-corrected chi connectivity index (χ2v) is 11.7. The number of nitrogens with zero attached hydrogens (tertiary/aromatic N) is 1. The van der Waals surface area contributed by atoms with Crippen LogP contribution in [0, 0.1) is 22.2 Å². The second-order valence-electron chi connectivity index (χ2n) is 11.7. The van der Waals surface area contributed by atoms with Crippen molar-refractivity contribution in [2.24, 2.45) is 22.2 Å². The van der Waals surface area contributed by atoms with Crippen LogP contribution in [0.4, 0.5) is 0 Å². The Morgan fingerprint density at radius 1 is 1.07 bits per heavy atom. The fraction of sp³-hybridized carbons (Fsp3) is 0.833. The monoisotopic (exact) mass is 384 g/mol. The highest BCUT2D eigenvalue weighted by molar-refractivity contribution is 5.86. The number of nitrogens with one attached hydrogen (secondary N) is 1. The Balaban J connectivity index is 1.36. The van der Waals surface area contributed by atoms with Gasteiger partial charge in [0.05, 0.1) is 0 Å². The van der Waals surface area contributed by atoms with E-state index in [-0.39, 0.29) is 0 Å². The van der Waals surface area contributed by atoms with Gasteiger partial charge < -0.3 is 10.1 Å². The molecule has 5 aliphatic carbocycles. The number of carboxylic acids is 1. The molecule has 0 radical (unpaired) electrons. The standard InChI is InChI=1S/C24H36N2O2/c1-22-10-16-11-23(2,13-22)15-24(12-16,14-22)9-8-18-19(21(27)28)26-20(25-18)17-6-4-3-5-7-17/h16-17H,3-15H2,1-2H3,(H,25,26)(H,27,28). The zero-order chi connectivity index (χ0) is 19.6. The third-order valence-electron chi connectivity index (χ3n) is 8.64. The zero-order valence-corrected chi connectivity index (χ0v) is 17.6. The molecular formula is C24H36N2O2. The summed E-state index contributed by atoms with van der Waals surface area (Å²) in [4.78, 5) is 19.9. The van der Waals surface area contributed by atoms with Gasteiger partial charge in [-0.15, -0.1) is 0 Å². The van der Waals surface area contributed by atoms with E-state index in [1.807, 2.05) is 0 Å². The molecule has 4 heteroatoms. The first kappa shape index (κ1) is 18.7. The predicted octanol–water partition coefficient (Wildman–Crippen LogP) is 6.08. The van der Waals surface area contributed by atoms with E-state index in [1.165, 1.54) is 57.8 Å². The molecule has 154 valence electrons. The molecule has 1 aromatic heterocycles. The number of rotatable bonds is 5. The molecule has 1 aromatic rings. The minimum Gasteiger partial charge on any atom is -0.476 e. The molecule has 0 spiro atoms. The highest BCUT2D eigenvalue weighted by Crippen LogP contribution is 2.70. The van der Waals surface area contributed by atoms with Gasteiger partial charge in [0.15, 0.2) is 5.69 Å². The van der Waals surface area contributed by atoms with Crippen molar-refractivity contribution in [3.8, 4) is 0 Å². The first-order valence-corrected chi connectivity index (χ1v) is 11.6. The SMILES string of the molecule is CC12CC3CC(C)(C1)CC(CCc1[nH]c(C4CCCCC4)nc1C(=O)O)(C3)C2. The minimum absolute atomic E-state index is 0.294. The molecule has 1 heterocycles. The summed E-state index contributed by atoms with van der Waals surface area (Å²) >= 11 is 0. The molecule has 0 amide bonds. The molecule has 4 nitrogen and oxygen atoms in total. The van der Waals surface area contributed by atoms with E-state index in [9.17, 15) is 9.90 Å². The van der Waals surface area contributed by atoms with Crippen LogP contribution < -0.4 is 0 Å². The molecule has 0 aromatic carbocycles. The van der Waals surface area contributed by atoms with E-state index in [0.717, 1.165) is 43.1 Å². The minimum atomic E-state index is -0.863. The third-order valence-corrected chi connectivity index (χ3v) is 8.64. The highest BCUT2D eigenvalue weighted by atomic mass is 16.4. The van der Waals surface area contributed by atoms with Crippen LogP contribution in [0.1, 0.15) is 119 Å². The molecular weight excluding hydrogens is 348 g/mol. The zero-order valence-electron chi connectivity index (χ0n) is 17.6. The normalized spacial score (nSPS) is 40.1. The van der Waals surface area contributed by atoms with Crippen molar-refractivity contribution in [3.05, 3.63) is 17.2 Å². The van der Waals surface area contributed by atoms with E-state index in [0.29, 0.717) is 27.9 Å². The van der Waals surface area contributed by atoms with Crippen LogP contribution >= 0.6 is 0 Å². The molecule has 5 fully saturated rings. The van der Waals surface area contributed by atoms with Crippen molar-refractivity contribution >= 4 is 5.97 Å². The van der Waals surface area contributed by atoms with Crippen LogP contribution in [0.2, 0.25) is 0 Å². The van der Waals surface area contributed by atoms with Crippen LogP contribution in [-0.4, -0.2) is 21.0 Å². The lowest BCUT2D eigenvalue weighted by atomic mass is 9.40. The van der Waals surface area contributed by atoms with Crippen LogP contribution in [0.15, 0.2) is 0 Å². The second kappa shape index (κ2) is 6.34. The average Bonchev–Trinajstić information content (AvgIpc) is 3.02. The van der Waals surface area contributed by atoms with Gasteiger partial charge in [0, 0.05) is 11.6 Å². The molecule has 6 rings (SSSR count). The summed E-state index contributed by atoms with van der Waals surface area (Å²) in [7, 11) is 0. The third kappa shape index (κ3) is 3.21. The number of aryl methyl sites for hydroxylation is 1. The summed E-state index contributed by atoms with van der Waals surface area (Å²) in [5.74, 6) is 1.40. The molecule has 0 saturated heterocycles. The highest BCUT2D eigenvalue weighted by Gasteiger charge is 2.59. The van der Waals surface area contributed by atoms with Gasteiger partial charge >= 0.3 is 5.97 Å². The van der Waals surface area contributed by atoms with Crippen LogP contribution in [0.25, 0.3) is 0 Å². The first-order valence-electron chi connectivity index (χ1n) is 11.6. The summed E-state index contributed by atoms with van der Waals surface area (Å²) < 4.78 is 0. The molecule has 2 unspecified atom stereocenters. The van der Waals surface area contributed by atoms with Crippen molar-refractivity contribution in [3.63, 3.8) is 0 Å². The van der Waals surface area contributed by atoms with Gasteiger partial charge in [0.25, 0.3) is 0 Å². The number of carboxylic acid groups (broad SMARTS) is 1. The quantitative estimate of drug-likeness (QED) is 0.646. The summed E-state index contributed by atoms with van der Waals surface area (Å²) in [5.41, 5.74) is 2.65. The fourth-order valence-electron chi connectivity index (χ4n) is 8.71. The number of carbonyl (C=O) groups is 1. The summed E-state index contributed by atoms with van der Waals surface area (Å²) in [5, 5.41) is 9.74. The van der Waals surface area contributed by atoms with Crippen LogP contribution in [0.5, 0.6) is 0 Å². The lowest BCUT2D eigenvalue weighted by Gasteiger charge is -2.65. The number of H-pyrrole nitrogens is 1. The lowest BCUT2D eigenvalue weighted by molar-refractivity contribution is -0.147. The molecule has 2 N–H and O–H groups in total. The number of aromatic carboxylic acids is 1. The predicted molar refractivity (Wildman–Crippen MR) is 110 cm³/mol. The maximum Gasteiger partial charge on any atom is 0.356 e. The summed E-state index contributed by atoms with van der Waals surface area (Å²) in [6.07, 6.45) is 16.3. The maximum absolute atomic E-state index is 11.9. The van der Waals surface area contributed by atoms with Crippen molar-refractivity contribution in [2.45, 2.75) is 103 Å². The van der Waals surface area contributed by atoms with Gasteiger partial charge in [0.2, 0.25) is 0 Å². The van der Waals surface area contributed by atoms with Gasteiger partial charge in [-0.05, 0) is 86.4 Å². The smallest absolute Gasteiger partial charge is 0.356 e. The van der Waals surface area contributed by atoms with Crippen molar-refractivity contribution in [1.82, 2.24) is 9.97 Å². The Morgan fingerprint density at radius 3 is 2.36 bits per heavy atom. The van der Waals surface area contributed by atoms with Gasteiger partial charge in [-0.25, -0.2) is 9.78 Å². The number of aromatic nitrogens is 2. The Labute approximate surface area is 168 Å². The summed E-state index contributed by atoms with van der Waals surface area (Å²) in [6, 6.07) is 0. The van der Waals surface area contributed by atoms with Gasteiger partial charge in [-0.2, -0.15) is 0 Å². The topological polar surface area (TPSA) is 66.0 Å². The van der Waals surface area contributed by atoms with Crippen molar-refractivity contribution in [1.29, 1.82) is 0 Å². The van der Waals surface area contributed by atoms with E-state index < -0.39 is 5.97 Å². The van der Waals surface area contributed by atoms with E-state index in [4.69, 9.17) is 0 Å². The van der Waals surface area contributed by atoms with E-state index in [2.05, 4.69) is 23.8 Å². The number of imidazole rings is 1. The average molecular weight is 385 g/mol. The van der Waals surface area contributed by atoms with Crippen LogP contribution in [0.3, 0.4) is 0 Å². The van der Waals surface area contributed by atoms with Crippen molar-refractivity contribution < 1.29 is 9.90 Å². The number of aromatic amines is 1. The Hall–Kier alpha value is -1.32. The molecule has 5 saturated carbocycles.